The average molecular weight is 248 g/mol. The molecule has 1 aromatic rings. The lowest BCUT2D eigenvalue weighted by Gasteiger charge is -2.40. The van der Waals surface area contributed by atoms with Crippen LogP contribution in [0.15, 0.2) is 18.5 Å². The summed E-state index contributed by atoms with van der Waals surface area (Å²) in [6.07, 6.45) is 6.04. The Bertz CT molecular complexity index is 368. The van der Waals surface area contributed by atoms with Crippen LogP contribution < -0.4 is 10.6 Å². The highest BCUT2D eigenvalue weighted by atomic mass is 15.3. The van der Waals surface area contributed by atoms with Gasteiger partial charge in [-0.05, 0) is 18.9 Å². The molecular formula is C14H24N4. The number of nitrogens with zero attached hydrogens (tertiary/aromatic N) is 3. The van der Waals surface area contributed by atoms with E-state index in [4.69, 9.17) is 5.73 Å². The quantitative estimate of drug-likeness (QED) is 0.885. The fourth-order valence-electron chi connectivity index (χ4n) is 2.82. The highest BCUT2D eigenvalue weighted by Crippen LogP contribution is 2.23. The van der Waals surface area contributed by atoms with Crippen molar-refractivity contribution in [1.29, 1.82) is 0 Å². The van der Waals surface area contributed by atoms with Crippen molar-refractivity contribution in [3.05, 3.63) is 18.5 Å². The Kier molecular flexibility index (Phi) is 4.42. The van der Waals surface area contributed by atoms with Crippen LogP contribution in [0.4, 0.5) is 11.4 Å². The molecule has 18 heavy (non-hydrogen) atoms. The van der Waals surface area contributed by atoms with Gasteiger partial charge in [-0.15, -0.1) is 0 Å². The third kappa shape index (κ3) is 2.75. The maximum Gasteiger partial charge on any atom is 0.0738 e. The molecule has 0 radical (unpaired) electrons. The lowest BCUT2D eigenvalue weighted by molar-refractivity contribution is 0.175. The smallest absolute Gasteiger partial charge is 0.0738 e. The zero-order chi connectivity index (χ0) is 13.0. The van der Waals surface area contributed by atoms with Crippen LogP contribution in [-0.4, -0.2) is 42.1 Å². The van der Waals surface area contributed by atoms with E-state index < -0.39 is 0 Å². The summed E-state index contributed by atoms with van der Waals surface area (Å²) in [6, 6.07) is 2.75. The molecule has 0 spiro atoms. The summed E-state index contributed by atoms with van der Waals surface area (Å²) in [5.41, 5.74) is 7.90. The van der Waals surface area contributed by atoms with Gasteiger partial charge < -0.3 is 10.6 Å². The molecule has 0 unspecified atom stereocenters. The van der Waals surface area contributed by atoms with Gasteiger partial charge in [0.2, 0.25) is 0 Å². The van der Waals surface area contributed by atoms with Crippen LogP contribution >= 0.6 is 0 Å². The van der Waals surface area contributed by atoms with Crippen LogP contribution in [0, 0.1) is 0 Å². The van der Waals surface area contributed by atoms with Gasteiger partial charge in [-0.3, -0.25) is 9.88 Å². The number of aromatic nitrogens is 1. The highest BCUT2D eigenvalue weighted by Gasteiger charge is 2.22. The first-order valence-corrected chi connectivity index (χ1v) is 6.94. The maximum atomic E-state index is 5.98. The minimum atomic E-state index is 0.738. The second kappa shape index (κ2) is 6.05. The van der Waals surface area contributed by atoms with Gasteiger partial charge in [-0.1, -0.05) is 13.8 Å². The molecule has 1 aromatic heterocycles. The van der Waals surface area contributed by atoms with E-state index in [1.54, 1.807) is 6.20 Å². The molecule has 1 aliphatic heterocycles. The van der Waals surface area contributed by atoms with Gasteiger partial charge in [0.05, 0.1) is 17.6 Å². The standard InChI is InChI=1S/C14H24N4/c1-3-12(4-2)17-7-9-18(10-8-17)14-5-6-16-11-13(14)15/h5-6,11-12H,3-4,7-10,15H2,1-2H3. The second-order valence-corrected chi connectivity index (χ2v) is 4.93. The first kappa shape index (κ1) is 13.1. The van der Waals surface area contributed by atoms with Crippen LogP contribution in [0.5, 0.6) is 0 Å². The molecule has 0 bridgehead atoms. The Morgan fingerprint density at radius 3 is 2.44 bits per heavy atom. The molecule has 4 heteroatoms. The van der Waals surface area contributed by atoms with Gasteiger partial charge in [0.25, 0.3) is 0 Å². The number of anilines is 2. The topological polar surface area (TPSA) is 45.4 Å². The Morgan fingerprint density at radius 2 is 1.89 bits per heavy atom. The summed E-state index contributed by atoms with van der Waals surface area (Å²) in [7, 11) is 0. The Hall–Kier alpha value is -1.29. The molecule has 2 rings (SSSR count). The predicted molar refractivity (Wildman–Crippen MR) is 76.8 cm³/mol. The summed E-state index contributed by atoms with van der Waals surface area (Å²) < 4.78 is 0. The number of hydrogen-bond donors (Lipinski definition) is 1. The molecular weight excluding hydrogens is 224 g/mol. The lowest BCUT2D eigenvalue weighted by Crippen LogP contribution is -2.50. The van der Waals surface area contributed by atoms with E-state index in [0.29, 0.717) is 0 Å². The van der Waals surface area contributed by atoms with Gasteiger partial charge >= 0.3 is 0 Å². The van der Waals surface area contributed by atoms with E-state index in [2.05, 4.69) is 28.6 Å². The molecule has 2 heterocycles. The Labute approximate surface area is 110 Å². The van der Waals surface area contributed by atoms with Gasteiger partial charge in [-0.25, -0.2) is 0 Å². The summed E-state index contributed by atoms with van der Waals surface area (Å²) in [5.74, 6) is 0. The minimum Gasteiger partial charge on any atom is -0.396 e. The van der Waals surface area contributed by atoms with E-state index in [9.17, 15) is 0 Å². The summed E-state index contributed by atoms with van der Waals surface area (Å²) in [6.45, 7) is 8.94. The zero-order valence-electron chi connectivity index (χ0n) is 11.5. The van der Waals surface area contributed by atoms with Crippen molar-refractivity contribution in [2.75, 3.05) is 36.8 Å². The molecule has 1 saturated heterocycles. The summed E-state index contributed by atoms with van der Waals surface area (Å²) >= 11 is 0. The van der Waals surface area contributed by atoms with Crippen molar-refractivity contribution < 1.29 is 0 Å². The van der Waals surface area contributed by atoms with Crippen molar-refractivity contribution in [2.45, 2.75) is 32.7 Å². The predicted octanol–water partition coefficient (Wildman–Crippen LogP) is 1.97. The van der Waals surface area contributed by atoms with Crippen LogP contribution in [0.1, 0.15) is 26.7 Å². The van der Waals surface area contributed by atoms with Gasteiger partial charge in [0.1, 0.15) is 0 Å². The van der Waals surface area contributed by atoms with Crippen LogP contribution in [-0.2, 0) is 0 Å². The molecule has 1 aliphatic rings. The van der Waals surface area contributed by atoms with E-state index in [1.807, 2.05) is 12.3 Å². The zero-order valence-corrected chi connectivity index (χ0v) is 11.5. The van der Waals surface area contributed by atoms with E-state index in [-0.39, 0.29) is 0 Å². The maximum absolute atomic E-state index is 5.98. The molecule has 4 nitrogen and oxygen atoms in total. The summed E-state index contributed by atoms with van der Waals surface area (Å²) in [5, 5.41) is 0. The monoisotopic (exact) mass is 248 g/mol. The third-order valence-electron chi connectivity index (χ3n) is 3.94. The van der Waals surface area contributed by atoms with E-state index in [1.165, 1.54) is 12.8 Å². The van der Waals surface area contributed by atoms with E-state index >= 15 is 0 Å². The minimum absolute atomic E-state index is 0.738. The van der Waals surface area contributed by atoms with Crippen molar-refractivity contribution in [1.82, 2.24) is 9.88 Å². The number of nitrogen functional groups attached to an aromatic ring is 1. The first-order valence-electron chi connectivity index (χ1n) is 6.94. The molecule has 0 aliphatic carbocycles. The SMILES string of the molecule is CCC(CC)N1CCN(c2ccncc2N)CC1. The van der Waals surface area contributed by atoms with Crippen molar-refractivity contribution in [3.8, 4) is 0 Å². The third-order valence-corrected chi connectivity index (χ3v) is 3.94. The fraction of sp³-hybridized carbons (Fsp3) is 0.643. The van der Waals surface area contributed by atoms with Crippen LogP contribution in [0.3, 0.4) is 0 Å². The molecule has 0 saturated carbocycles. The number of piperazine rings is 1. The normalized spacial score (nSPS) is 17.4. The average Bonchev–Trinajstić information content (AvgIpc) is 2.42. The number of hydrogen-bond acceptors (Lipinski definition) is 4. The number of rotatable bonds is 4. The van der Waals surface area contributed by atoms with Crippen molar-refractivity contribution in [3.63, 3.8) is 0 Å². The summed E-state index contributed by atoms with van der Waals surface area (Å²) in [4.78, 5) is 9.02. The van der Waals surface area contributed by atoms with Crippen LogP contribution in [0.2, 0.25) is 0 Å². The second-order valence-electron chi connectivity index (χ2n) is 4.93. The van der Waals surface area contributed by atoms with Gasteiger partial charge in [0, 0.05) is 38.4 Å². The fourth-order valence-corrected chi connectivity index (χ4v) is 2.82. The molecule has 1 fully saturated rings. The number of pyridine rings is 1. The van der Waals surface area contributed by atoms with Crippen molar-refractivity contribution in [2.24, 2.45) is 0 Å². The van der Waals surface area contributed by atoms with Crippen molar-refractivity contribution >= 4 is 11.4 Å². The lowest BCUT2D eigenvalue weighted by atomic mass is 10.1. The van der Waals surface area contributed by atoms with Gasteiger partial charge in [-0.2, -0.15) is 0 Å². The van der Waals surface area contributed by atoms with Crippen LogP contribution in [0.25, 0.3) is 0 Å². The largest absolute Gasteiger partial charge is 0.396 e. The molecule has 0 atom stereocenters. The number of nitrogens with two attached hydrogens (primary N) is 1. The Morgan fingerprint density at radius 1 is 1.22 bits per heavy atom. The Balaban J connectivity index is 1.96. The highest BCUT2D eigenvalue weighted by molar-refractivity contribution is 5.66. The molecule has 2 N–H and O–H groups in total. The molecule has 0 amide bonds. The first-order chi connectivity index (χ1) is 8.76. The van der Waals surface area contributed by atoms with Gasteiger partial charge in [0.15, 0.2) is 0 Å². The molecule has 0 aromatic carbocycles. The molecule has 100 valence electrons. The van der Waals surface area contributed by atoms with E-state index in [0.717, 1.165) is 43.6 Å².